The highest BCUT2D eigenvalue weighted by molar-refractivity contribution is 9.10. The topological polar surface area (TPSA) is 117 Å². The fourth-order valence-electron chi connectivity index (χ4n) is 2.46. The van der Waals surface area contributed by atoms with E-state index in [9.17, 15) is 19.2 Å². The molecule has 1 aromatic rings. The normalized spacial score (nSPS) is 19.3. The molecule has 0 spiro atoms. The summed E-state index contributed by atoms with van der Waals surface area (Å²) in [5, 5.41) is 7.06. The van der Waals surface area contributed by atoms with Crippen LogP contribution >= 0.6 is 15.9 Å². The highest BCUT2D eigenvalue weighted by atomic mass is 79.9. The molecular formula is C16H19BrN4O5. The van der Waals surface area contributed by atoms with E-state index in [1.807, 2.05) is 0 Å². The number of hydrogen-bond acceptors (Lipinski definition) is 5. The molecule has 0 bridgehead atoms. The summed E-state index contributed by atoms with van der Waals surface area (Å²) < 4.78 is 5.52. The predicted molar refractivity (Wildman–Crippen MR) is 95.2 cm³/mol. The monoisotopic (exact) mass is 426 g/mol. The second kappa shape index (κ2) is 8.28. The third-order valence-electron chi connectivity index (χ3n) is 3.82. The molecule has 1 atom stereocenters. The molecule has 0 saturated carbocycles. The second-order valence-electron chi connectivity index (χ2n) is 5.75. The van der Waals surface area contributed by atoms with Crippen LogP contribution < -0.4 is 16.0 Å². The van der Waals surface area contributed by atoms with Crippen LogP contribution in [0.5, 0.6) is 0 Å². The van der Waals surface area contributed by atoms with Gasteiger partial charge in [0.25, 0.3) is 5.91 Å². The van der Waals surface area contributed by atoms with Gasteiger partial charge in [0.2, 0.25) is 5.91 Å². The van der Waals surface area contributed by atoms with Crippen molar-refractivity contribution in [3.63, 3.8) is 0 Å². The highest BCUT2D eigenvalue weighted by Gasteiger charge is 2.49. The Morgan fingerprint density at radius 1 is 1.35 bits per heavy atom. The summed E-state index contributed by atoms with van der Waals surface area (Å²) in [6.07, 6.45) is 0. The summed E-state index contributed by atoms with van der Waals surface area (Å²) in [5.41, 5.74) is -0.715. The highest BCUT2D eigenvalue weighted by Crippen LogP contribution is 2.30. The van der Waals surface area contributed by atoms with Crippen molar-refractivity contribution in [1.29, 1.82) is 0 Å². The summed E-state index contributed by atoms with van der Waals surface area (Å²) >= 11 is 3.32. The van der Waals surface area contributed by atoms with Gasteiger partial charge in [0.15, 0.2) is 0 Å². The van der Waals surface area contributed by atoms with Gasteiger partial charge in [-0.3, -0.25) is 19.8 Å². The maximum Gasteiger partial charge on any atom is 0.325 e. The van der Waals surface area contributed by atoms with Crippen LogP contribution in [0.2, 0.25) is 0 Å². The molecule has 0 aliphatic carbocycles. The van der Waals surface area contributed by atoms with Crippen molar-refractivity contribution in [1.82, 2.24) is 20.9 Å². The van der Waals surface area contributed by atoms with Crippen LogP contribution in [-0.2, 0) is 19.9 Å². The minimum Gasteiger partial charge on any atom is -0.383 e. The lowest BCUT2D eigenvalue weighted by Crippen LogP contribution is -2.47. The molecule has 1 aliphatic rings. The van der Waals surface area contributed by atoms with E-state index in [2.05, 4.69) is 31.9 Å². The minimum atomic E-state index is -1.29. The Bertz CT molecular complexity index is 741. The van der Waals surface area contributed by atoms with Gasteiger partial charge in [-0.15, -0.1) is 0 Å². The first-order chi connectivity index (χ1) is 12.3. The van der Waals surface area contributed by atoms with Gasteiger partial charge in [-0.2, -0.15) is 0 Å². The number of ether oxygens (including phenoxy) is 1. The van der Waals surface area contributed by atoms with Crippen LogP contribution in [-0.4, -0.2) is 55.6 Å². The van der Waals surface area contributed by atoms with Gasteiger partial charge in [-0.25, -0.2) is 9.59 Å². The van der Waals surface area contributed by atoms with Crippen molar-refractivity contribution in [2.24, 2.45) is 0 Å². The summed E-state index contributed by atoms with van der Waals surface area (Å²) in [7, 11) is 1.48. The molecule has 0 aromatic heterocycles. The lowest BCUT2D eigenvalue weighted by atomic mass is 9.92. The van der Waals surface area contributed by atoms with E-state index in [0.717, 1.165) is 9.37 Å². The summed E-state index contributed by atoms with van der Waals surface area (Å²) in [6, 6.07) is 5.52. The first kappa shape index (κ1) is 19.9. The molecule has 2 rings (SSSR count). The molecule has 1 unspecified atom stereocenters. The van der Waals surface area contributed by atoms with Crippen molar-refractivity contribution >= 4 is 39.8 Å². The molecule has 3 N–H and O–H groups in total. The fraction of sp³-hybridized carbons (Fsp3) is 0.375. The fourth-order valence-corrected chi connectivity index (χ4v) is 2.86. The van der Waals surface area contributed by atoms with Crippen LogP contribution in [0.15, 0.2) is 28.7 Å². The number of amides is 6. The number of imide groups is 2. The largest absolute Gasteiger partial charge is 0.383 e. The third kappa shape index (κ3) is 4.38. The van der Waals surface area contributed by atoms with Crippen molar-refractivity contribution < 1.29 is 23.9 Å². The van der Waals surface area contributed by atoms with Crippen molar-refractivity contribution in [3.8, 4) is 0 Å². The molecule has 26 heavy (non-hydrogen) atoms. The van der Waals surface area contributed by atoms with Gasteiger partial charge >= 0.3 is 12.1 Å². The summed E-state index contributed by atoms with van der Waals surface area (Å²) in [6.45, 7) is 1.51. The first-order valence-electron chi connectivity index (χ1n) is 7.74. The Hall–Kier alpha value is -2.46. The lowest BCUT2D eigenvalue weighted by molar-refractivity contribution is -0.134. The Kier molecular flexibility index (Phi) is 6.32. The van der Waals surface area contributed by atoms with Crippen molar-refractivity contribution in [2.75, 3.05) is 26.8 Å². The standard InChI is InChI=1S/C16H19BrN4O5/c1-16(10-4-3-5-11(17)8-10)13(23)21(15(25)20-16)9-12(22)19-14(24)18-6-7-26-2/h3-5,8H,6-7,9H2,1-2H3,(H,20,25)(H2,18,19,22,24). The minimum absolute atomic E-state index is 0.222. The number of benzene rings is 1. The zero-order valence-electron chi connectivity index (χ0n) is 14.3. The Morgan fingerprint density at radius 2 is 2.08 bits per heavy atom. The first-order valence-corrected chi connectivity index (χ1v) is 8.54. The van der Waals surface area contributed by atoms with E-state index in [0.29, 0.717) is 12.2 Å². The van der Waals surface area contributed by atoms with E-state index in [4.69, 9.17) is 4.74 Å². The molecule has 0 radical (unpaired) electrons. The number of carbonyl (C=O) groups excluding carboxylic acids is 4. The van der Waals surface area contributed by atoms with E-state index < -0.39 is 36.0 Å². The van der Waals surface area contributed by atoms with Crippen LogP contribution in [0.4, 0.5) is 9.59 Å². The number of rotatable bonds is 6. The Morgan fingerprint density at radius 3 is 2.73 bits per heavy atom. The van der Waals surface area contributed by atoms with Gasteiger partial charge in [0.1, 0.15) is 12.1 Å². The average Bonchev–Trinajstić information content (AvgIpc) is 2.79. The number of urea groups is 2. The summed E-state index contributed by atoms with van der Waals surface area (Å²) in [5.74, 6) is -1.35. The number of nitrogens with one attached hydrogen (secondary N) is 3. The third-order valence-corrected chi connectivity index (χ3v) is 4.32. The predicted octanol–water partition coefficient (Wildman–Crippen LogP) is 0.688. The van der Waals surface area contributed by atoms with Crippen molar-refractivity contribution in [2.45, 2.75) is 12.5 Å². The van der Waals surface area contributed by atoms with Gasteiger partial charge < -0.3 is 15.4 Å². The number of methoxy groups -OCH3 is 1. The lowest BCUT2D eigenvalue weighted by Gasteiger charge is -2.22. The number of nitrogens with zero attached hydrogens (tertiary/aromatic N) is 1. The van der Waals surface area contributed by atoms with Gasteiger partial charge in [-0.1, -0.05) is 28.1 Å². The van der Waals surface area contributed by atoms with Crippen LogP contribution in [0.1, 0.15) is 12.5 Å². The number of hydrogen-bond donors (Lipinski definition) is 3. The molecule has 9 nitrogen and oxygen atoms in total. The zero-order valence-corrected chi connectivity index (χ0v) is 15.9. The number of carbonyl (C=O) groups is 4. The maximum absolute atomic E-state index is 12.7. The number of halogens is 1. The zero-order chi connectivity index (χ0) is 19.3. The Labute approximate surface area is 158 Å². The summed E-state index contributed by atoms with van der Waals surface area (Å²) in [4.78, 5) is 49.2. The van der Waals surface area contributed by atoms with Crippen molar-refractivity contribution in [3.05, 3.63) is 34.3 Å². The Balaban J connectivity index is 2.02. The van der Waals surface area contributed by atoms with E-state index in [1.165, 1.54) is 7.11 Å². The molecule has 1 heterocycles. The van der Waals surface area contributed by atoms with Gasteiger partial charge in [0.05, 0.1) is 6.61 Å². The van der Waals surface area contributed by atoms with E-state index in [-0.39, 0.29) is 6.54 Å². The molecular weight excluding hydrogens is 408 g/mol. The van der Waals surface area contributed by atoms with E-state index in [1.54, 1.807) is 31.2 Å². The maximum atomic E-state index is 12.7. The van der Waals surface area contributed by atoms with Gasteiger partial charge in [0, 0.05) is 18.1 Å². The molecule has 10 heteroatoms. The van der Waals surface area contributed by atoms with Crippen LogP contribution in [0.25, 0.3) is 0 Å². The van der Waals surface area contributed by atoms with E-state index >= 15 is 0 Å². The molecule has 1 saturated heterocycles. The molecule has 1 fully saturated rings. The van der Waals surface area contributed by atoms with Gasteiger partial charge in [-0.05, 0) is 24.6 Å². The quantitative estimate of drug-likeness (QED) is 0.456. The SMILES string of the molecule is COCCNC(=O)NC(=O)CN1C(=O)NC(C)(c2cccc(Br)c2)C1=O. The van der Waals surface area contributed by atoms with Crippen LogP contribution in [0.3, 0.4) is 0 Å². The molecule has 6 amide bonds. The van der Waals surface area contributed by atoms with Crippen LogP contribution in [0, 0.1) is 0 Å². The molecule has 140 valence electrons. The molecule has 1 aliphatic heterocycles. The average molecular weight is 427 g/mol. The second-order valence-corrected chi connectivity index (χ2v) is 6.67. The molecule has 1 aromatic carbocycles. The smallest absolute Gasteiger partial charge is 0.325 e.